The molecule has 466 valence electrons. The number of rotatable bonds is 27. The summed E-state index contributed by atoms with van der Waals surface area (Å²) in [5.41, 5.74) is -6.02. The molecule has 3 unspecified atom stereocenters. The molecule has 0 aliphatic carbocycles. The molecule has 0 radical (unpaired) electrons. The monoisotopic (exact) mass is 1270 g/mol. The van der Waals surface area contributed by atoms with Crippen LogP contribution in [-0.4, -0.2) is 146 Å². The number of hydrogen-bond donors (Lipinski definition) is 9. The minimum Gasteiger partial charge on any atom is -0.390 e. The van der Waals surface area contributed by atoms with Gasteiger partial charge in [0.1, 0.15) is 67.6 Å². The molecule has 8 heterocycles. The van der Waals surface area contributed by atoms with Gasteiger partial charge >= 0.3 is 46.2 Å². The van der Waals surface area contributed by atoms with Gasteiger partial charge in [-0.05, 0) is 46.3 Å². The van der Waals surface area contributed by atoms with Crippen LogP contribution in [0.3, 0.4) is 0 Å². The van der Waals surface area contributed by atoms with Crippen LogP contribution >= 0.6 is 36.1 Å². The molecular weight excluding hydrogens is 1210 g/mol. The third-order valence-corrected chi connectivity index (χ3v) is 17.4. The number of nitrogens with zero attached hydrogens (tertiary/aromatic N) is 4. The van der Waals surface area contributed by atoms with Gasteiger partial charge < -0.3 is 43.5 Å². The zero-order valence-corrected chi connectivity index (χ0v) is 49.1. The van der Waals surface area contributed by atoms with Gasteiger partial charge in [-0.3, -0.25) is 84.5 Å². The SMILES string of the molecule is Cc1cn([C@H]2C[C@H](OP(=O)(O)OC[C@H]3O[C@@H](n4cc(C)c(=O)[nH]c4=O)C[C@@H]3OP(=O)(O)OC[C@H]3O[C@@H](n4cc(C)c(=O)[nH]c4=O)C[C@@H]3OP(=O)(O)OC[C@H]3O[C@@H](n4cc(C)c(=O)[nH]c4=O)C[C@@H]3O)[C@@H](COCCCCCCS)O2)c(=O)[nH]c1=O. The summed E-state index contributed by atoms with van der Waals surface area (Å²) >= 11 is 4.22. The van der Waals surface area contributed by atoms with Gasteiger partial charge in [0, 0.05) is 79.3 Å². The van der Waals surface area contributed by atoms with E-state index < -0.39 is 175 Å². The molecule has 8 N–H and O–H groups in total. The van der Waals surface area contributed by atoms with Crippen molar-refractivity contribution in [2.45, 2.75) is 153 Å². The number of aromatic nitrogens is 8. The molecule has 8 rings (SSSR count). The highest BCUT2D eigenvalue weighted by molar-refractivity contribution is 7.80. The molecule has 15 atom stereocenters. The molecular formula is C46H65N8O26P3S. The molecule has 4 aromatic heterocycles. The van der Waals surface area contributed by atoms with Crippen LogP contribution in [0.2, 0.25) is 0 Å². The number of aliphatic hydroxyl groups is 1. The van der Waals surface area contributed by atoms with Crippen molar-refractivity contribution >= 4 is 36.1 Å². The van der Waals surface area contributed by atoms with Crippen molar-refractivity contribution in [3.8, 4) is 0 Å². The topological polar surface area (TPSA) is 453 Å². The largest absolute Gasteiger partial charge is 0.472 e. The summed E-state index contributed by atoms with van der Waals surface area (Å²) in [5.74, 6) is 0.723. The van der Waals surface area contributed by atoms with Gasteiger partial charge in [0.25, 0.3) is 22.2 Å². The molecule has 34 nitrogen and oxygen atoms in total. The Bertz CT molecular complexity index is 3660. The molecule has 0 bridgehead atoms. The van der Waals surface area contributed by atoms with Gasteiger partial charge in [-0.1, -0.05) is 12.8 Å². The van der Waals surface area contributed by atoms with Crippen molar-refractivity contribution in [3.63, 3.8) is 0 Å². The Morgan fingerprint density at radius 3 is 1.12 bits per heavy atom. The second kappa shape index (κ2) is 27.5. The molecule has 38 heteroatoms. The highest BCUT2D eigenvalue weighted by Crippen LogP contribution is 2.53. The number of ether oxygens (including phenoxy) is 5. The zero-order valence-electron chi connectivity index (χ0n) is 45.5. The fourth-order valence-electron chi connectivity index (χ4n) is 9.61. The van der Waals surface area contributed by atoms with E-state index in [1.807, 2.05) is 0 Å². The van der Waals surface area contributed by atoms with E-state index in [0.29, 0.717) is 6.42 Å². The molecule has 4 saturated heterocycles. The van der Waals surface area contributed by atoms with E-state index in [9.17, 15) is 71.8 Å². The van der Waals surface area contributed by atoms with Gasteiger partial charge in [-0.15, -0.1) is 0 Å². The maximum absolute atomic E-state index is 14.0. The van der Waals surface area contributed by atoms with E-state index >= 15 is 0 Å². The molecule has 4 aromatic rings. The van der Waals surface area contributed by atoms with Crippen LogP contribution in [0.5, 0.6) is 0 Å². The number of phosphoric acid groups is 3. The zero-order chi connectivity index (χ0) is 61.0. The third-order valence-electron chi connectivity index (χ3n) is 14.1. The second-order valence-corrected chi connectivity index (χ2v) is 25.0. The first-order valence-corrected chi connectivity index (χ1v) is 31.5. The van der Waals surface area contributed by atoms with E-state index in [0.717, 1.165) is 55.7 Å². The maximum Gasteiger partial charge on any atom is 0.472 e. The van der Waals surface area contributed by atoms with Crippen LogP contribution in [0.15, 0.2) is 63.1 Å². The fraction of sp³-hybridized carbons (Fsp3) is 0.652. The number of thiol groups is 1. The molecule has 4 aliphatic heterocycles. The number of hydrogen-bond acceptors (Lipinski definition) is 24. The Morgan fingerprint density at radius 1 is 0.476 bits per heavy atom. The lowest BCUT2D eigenvalue weighted by molar-refractivity contribution is -0.0697. The van der Waals surface area contributed by atoms with E-state index in [2.05, 4.69) is 32.6 Å². The van der Waals surface area contributed by atoms with E-state index in [1.165, 1.54) is 40.1 Å². The van der Waals surface area contributed by atoms with Gasteiger partial charge in [0.05, 0.1) is 32.5 Å². The summed E-state index contributed by atoms with van der Waals surface area (Å²) < 4.78 is 107. The molecule has 0 aromatic carbocycles. The summed E-state index contributed by atoms with van der Waals surface area (Å²) in [4.78, 5) is 142. The average Bonchev–Trinajstić information content (AvgIpc) is 3.85. The van der Waals surface area contributed by atoms with E-state index in [1.54, 1.807) is 0 Å². The third kappa shape index (κ3) is 16.4. The first-order chi connectivity index (χ1) is 39.6. The normalized spacial score (nSPS) is 28.3. The number of unbranched alkanes of at least 4 members (excludes halogenated alkanes) is 3. The quantitative estimate of drug-likeness (QED) is 0.0215. The predicted molar refractivity (Wildman–Crippen MR) is 289 cm³/mol. The van der Waals surface area contributed by atoms with Crippen LogP contribution in [0.1, 0.15) is 98.5 Å². The summed E-state index contributed by atoms with van der Waals surface area (Å²) in [6.07, 6.45) is -9.99. The first kappa shape index (κ1) is 65.1. The molecule has 0 amide bonds. The number of nitrogens with one attached hydrogen (secondary N) is 4. The molecule has 4 aliphatic rings. The Balaban J connectivity index is 0.964. The Morgan fingerprint density at radius 2 is 0.774 bits per heavy atom. The van der Waals surface area contributed by atoms with Crippen LogP contribution in [0, 0.1) is 27.7 Å². The molecule has 4 fully saturated rings. The fourth-order valence-corrected chi connectivity index (χ4v) is 12.7. The van der Waals surface area contributed by atoms with E-state index in [-0.39, 0.29) is 48.3 Å². The van der Waals surface area contributed by atoms with Crippen LogP contribution < -0.4 is 45.0 Å². The van der Waals surface area contributed by atoms with Crippen LogP contribution in [0.4, 0.5) is 0 Å². The number of H-pyrrole nitrogens is 4. The highest BCUT2D eigenvalue weighted by Gasteiger charge is 2.48. The smallest absolute Gasteiger partial charge is 0.390 e. The number of aliphatic hydroxyl groups excluding tert-OH is 1. The highest BCUT2D eigenvalue weighted by atomic mass is 32.1. The number of aromatic amines is 4. The first-order valence-electron chi connectivity index (χ1n) is 26.3. The predicted octanol–water partition coefficient (Wildman–Crippen LogP) is -0.0548. The van der Waals surface area contributed by atoms with Crippen molar-refractivity contribution in [1.29, 1.82) is 0 Å². The molecule has 0 saturated carbocycles. The van der Waals surface area contributed by atoms with Gasteiger partial charge in [0.2, 0.25) is 0 Å². The van der Waals surface area contributed by atoms with Gasteiger partial charge in [-0.25, -0.2) is 32.9 Å². The maximum atomic E-state index is 14.0. The van der Waals surface area contributed by atoms with Gasteiger partial charge in [0.15, 0.2) is 0 Å². The van der Waals surface area contributed by atoms with Crippen LogP contribution in [-0.2, 0) is 64.5 Å². The van der Waals surface area contributed by atoms with Gasteiger partial charge in [-0.2, -0.15) is 12.6 Å². The number of phosphoric ester groups is 3. The Kier molecular flexibility index (Phi) is 21.3. The minimum atomic E-state index is -5.44. The Labute approximate surface area is 479 Å². The number of aryl methyl sites for hydroxylation is 4. The lowest BCUT2D eigenvalue weighted by Crippen LogP contribution is -2.33. The van der Waals surface area contributed by atoms with Crippen LogP contribution in [0.25, 0.3) is 0 Å². The van der Waals surface area contributed by atoms with Crippen molar-refractivity contribution < 1.29 is 84.3 Å². The minimum absolute atomic E-state index is 0.0409. The van der Waals surface area contributed by atoms with Crippen molar-refractivity contribution in [1.82, 2.24) is 38.2 Å². The van der Waals surface area contributed by atoms with Crippen molar-refractivity contribution in [2.75, 3.05) is 38.8 Å². The summed E-state index contributed by atoms with van der Waals surface area (Å²) in [6, 6.07) is 0. The standard InChI is InChI=1S/C46H65N8O26P3S/c1-23-15-51(43(60)47-39(23)56)35-11-27(55)31(74-35)20-71-81(64,65)79-29-13-37(53-17-25(3)41(58)49-45(53)62)76-33(29)22-73-83(68,69)80-30-14-38(54-18-26(4)42(59)50-46(54)63)77-34(30)21-72-82(66,67)78-28-12-36(52-16-24(2)40(57)48-44(52)61)75-32(28)19-70-9-7-5-6-8-10-84/h15-18,27-38,55,84H,5-14,19-22H2,1-4H3,(H,64,65)(H,66,67)(H,68,69)(H,47,56,60)(H,48,57,61)(H,49,58,62)(H,50,59,63)/t27-,28-,29-,30-,31+,32+,33+,34+,35+,36+,37+,38+/m0/s1. The molecule has 0 spiro atoms. The summed E-state index contributed by atoms with van der Waals surface area (Å²) in [7, 11) is -15.9. The summed E-state index contributed by atoms with van der Waals surface area (Å²) in [5, 5.41) is 10.7. The second-order valence-electron chi connectivity index (χ2n) is 20.4. The lowest BCUT2D eigenvalue weighted by atomic mass is 10.2. The summed E-state index contributed by atoms with van der Waals surface area (Å²) in [6.45, 7) is 2.97. The van der Waals surface area contributed by atoms with Crippen molar-refractivity contribution in [2.24, 2.45) is 0 Å². The average molecular weight is 1270 g/mol. The lowest BCUT2D eigenvalue weighted by Gasteiger charge is -2.25. The van der Waals surface area contributed by atoms with Crippen molar-refractivity contribution in [3.05, 3.63) is 130 Å². The molecule has 84 heavy (non-hydrogen) atoms. The Hall–Kier alpha value is -4.84. The van der Waals surface area contributed by atoms with E-state index in [4.69, 9.17) is 50.8 Å².